The number of aliphatic hydroxyl groups excluding tert-OH is 1. The van der Waals surface area contributed by atoms with Crippen LogP contribution in [-0.2, 0) is 9.59 Å². The summed E-state index contributed by atoms with van der Waals surface area (Å²) in [7, 11) is 0. The third-order valence-electron chi connectivity index (χ3n) is 4.12. The highest BCUT2D eigenvalue weighted by molar-refractivity contribution is 5.88. The Morgan fingerprint density at radius 1 is 1.35 bits per heavy atom. The normalized spacial score (nSPS) is 33.6. The zero-order valence-corrected chi connectivity index (χ0v) is 9.59. The van der Waals surface area contributed by atoms with Crippen LogP contribution >= 0.6 is 0 Å². The van der Waals surface area contributed by atoms with Crippen molar-refractivity contribution in [3.05, 3.63) is 11.1 Å². The quantitative estimate of drug-likeness (QED) is 0.680. The van der Waals surface area contributed by atoms with E-state index < -0.39 is 24.0 Å². The Hall–Kier alpha value is -1.36. The minimum atomic E-state index is -0.981. The second-order valence-electron chi connectivity index (χ2n) is 4.94. The van der Waals surface area contributed by atoms with Crippen molar-refractivity contribution in [1.82, 2.24) is 0 Å². The third-order valence-corrected chi connectivity index (χ3v) is 4.12. The average molecular weight is 240 g/mol. The summed E-state index contributed by atoms with van der Waals surface area (Å²) in [5.74, 6) is -2.82. The van der Waals surface area contributed by atoms with Gasteiger partial charge >= 0.3 is 11.9 Å². The van der Waals surface area contributed by atoms with Crippen molar-refractivity contribution in [2.24, 2.45) is 17.8 Å². The number of hydrogen-bond acceptors (Lipinski definition) is 3. The molecule has 2 aliphatic rings. The topological polar surface area (TPSA) is 94.8 Å². The fraction of sp³-hybridized carbons (Fsp3) is 0.667. The first-order chi connectivity index (χ1) is 7.93. The molecule has 0 heterocycles. The van der Waals surface area contributed by atoms with E-state index in [9.17, 15) is 14.7 Å². The molecule has 4 unspecified atom stereocenters. The Balaban J connectivity index is 2.29. The van der Waals surface area contributed by atoms with Gasteiger partial charge in [-0.05, 0) is 18.8 Å². The molecule has 5 nitrogen and oxygen atoms in total. The van der Waals surface area contributed by atoms with Crippen LogP contribution in [0.3, 0.4) is 0 Å². The van der Waals surface area contributed by atoms with Gasteiger partial charge in [-0.25, -0.2) is 4.79 Å². The van der Waals surface area contributed by atoms with Crippen LogP contribution in [0.4, 0.5) is 0 Å². The summed E-state index contributed by atoms with van der Waals surface area (Å²) in [6, 6.07) is 0. The number of carboxylic acid groups (broad SMARTS) is 2. The zero-order valence-electron chi connectivity index (χ0n) is 9.59. The minimum Gasteiger partial charge on any atom is -0.481 e. The Morgan fingerprint density at radius 3 is 2.53 bits per heavy atom. The largest absolute Gasteiger partial charge is 0.481 e. The zero-order chi connectivity index (χ0) is 12.7. The van der Waals surface area contributed by atoms with E-state index in [1.807, 2.05) is 0 Å². The summed E-state index contributed by atoms with van der Waals surface area (Å²) in [6.07, 6.45) is 0.677. The lowest BCUT2D eigenvalue weighted by Gasteiger charge is -2.24. The van der Waals surface area contributed by atoms with E-state index in [2.05, 4.69) is 0 Å². The standard InChI is InChI=1S/C12H16O5/c1-5(11(14)15)6-2-3-7-8(12(16)17)4-9(13)10(6)7/h5-6,9-10,13H,2-4H2,1H3,(H,14,15)(H,16,17). The molecule has 94 valence electrons. The smallest absolute Gasteiger partial charge is 0.331 e. The summed E-state index contributed by atoms with van der Waals surface area (Å²) in [4.78, 5) is 22.0. The summed E-state index contributed by atoms with van der Waals surface area (Å²) >= 11 is 0. The van der Waals surface area contributed by atoms with E-state index in [-0.39, 0.29) is 18.3 Å². The monoisotopic (exact) mass is 240 g/mol. The number of hydrogen-bond donors (Lipinski definition) is 3. The molecule has 0 spiro atoms. The van der Waals surface area contributed by atoms with Crippen molar-refractivity contribution < 1.29 is 24.9 Å². The molecule has 0 radical (unpaired) electrons. The Morgan fingerprint density at radius 2 is 2.00 bits per heavy atom. The molecule has 3 N–H and O–H groups in total. The first-order valence-electron chi connectivity index (χ1n) is 5.79. The molecule has 17 heavy (non-hydrogen) atoms. The van der Waals surface area contributed by atoms with Gasteiger partial charge in [0, 0.05) is 17.9 Å². The minimum absolute atomic E-state index is 0.144. The average Bonchev–Trinajstić information content (AvgIpc) is 2.78. The molecule has 0 aliphatic heterocycles. The van der Waals surface area contributed by atoms with Gasteiger partial charge in [0.05, 0.1) is 12.0 Å². The maximum Gasteiger partial charge on any atom is 0.331 e. The van der Waals surface area contributed by atoms with Crippen LogP contribution in [0, 0.1) is 17.8 Å². The Kier molecular flexibility index (Phi) is 2.95. The molecule has 0 bridgehead atoms. The lowest BCUT2D eigenvalue weighted by atomic mass is 9.82. The van der Waals surface area contributed by atoms with E-state index >= 15 is 0 Å². The van der Waals surface area contributed by atoms with Gasteiger partial charge in [-0.2, -0.15) is 0 Å². The molecule has 0 amide bonds. The van der Waals surface area contributed by atoms with Gasteiger partial charge in [-0.15, -0.1) is 0 Å². The van der Waals surface area contributed by atoms with Crippen molar-refractivity contribution >= 4 is 11.9 Å². The molecule has 4 atom stereocenters. The van der Waals surface area contributed by atoms with Crippen LogP contribution in [0.2, 0.25) is 0 Å². The van der Waals surface area contributed by atoms with Crippen LogP contribution in [0.25, 0.3) is 0 Å². The van der Waals surface area contributed by atoms with Crippen LogP contribution in [-0.4, -0.2) is 33.4 Å². The second kappa shape index (κ2) is 4.14. The van der Waals surface area contributed by atoms with Crippen molar-refractivity contribution in [2.75, 3.05) is 0 Å². The summed E-state index contributed by atoms with van der Waals surface area (Å²) in [5, 5.41) is 28.0. The molecule has 2 rings (SSSR count). The van der Waals surface area contributed by atoms with Crippen molar-refractivity contribution in [3.8, 4) is 0 Å². The van der Waals surface area contributed by atoms with Crippen molar-refractivity contribution in [3.63, 3.8) is 0 Å². The third kappa shape index (κ3) is 1.84. The van der Waals surface area contributed by atoms with Crippen LogP contribution in [0.1, 0.15) is 26.2 Å². The Labute approximate surface area is 98.8 Å². The summed E-state index contributed by atoms with van der Waals surface area (Å²) < 4.78 is 0. The van der Waals surface area contributed by atoms with E-state index in [0.29, 0.717) is 18.4 Å². The first-order valence-corrected chi connectivity index (χ1v) is 5.79. The summed E-state index contributed by atoms with van der Waals surface area (Å²) in [5.41, 5.74) is 1.06. The molecule has 5 heteroatoms. The van der Waals surface area contributed by atoms with E-state index in [4.69, 9.17) is 10.2 Å². The number of aliphatic hydroxyl groups is 1. The van der Waals surface area contributed by atoms with Crippen LogP contribution < -0.4 is 0 Å². The van der Waals surface area contributed by atoms with E-state index in [1.54, 1.807) is 6.92 Å². The SMILES string of the molecule is CC(C(=O)O)C1CCC2=C(C(=O)O)CC(O)C21. The molecule has 0 aromatic rings. The van der Waals surface area contributed by atoms with Gasteiger partial charge in [0.1, 0.15) is 0 Å². The van der Waals surface area contributed by atoms with Gasteiger partial charge in [-0.3, -0.25) is 4.79 Å². The highest BCUT2D eigenvalue weighted by atomic mass is 16.4. The predicted octanol–water partition coefficient (Wildman–Crippen LogP) is 0.879. The van der Waals surface area contributed by atoms with Gasteiger partial charge in [0.15, 0.2) is 0 Å². The lowest BCUT2D eigenvalue weighted by Crippen LogP contribution is -2.29. The molecule has 1 fully saturated rings. The van der Waals surface area contributed by atoms with Gasteiger partial charge in [0.25, 0.3) is 0 Å². The molecule has 0 saturated heterocycles. The summed E-state index contributed by atoms with van der Waals surface area (Å²) in [6.45, 7) is 1.63. The van der Waals surface area contributed by atoms with Crippen LogP contribution in [0.15, 0.2) is 11.1 Å². The molecular weight excluding hydrogens is 224 g/mol. The first kappa shape index (κ1) is 12.1. The van der Waals surface area contributed by atoms with Gasteiger partial charge in [0.2, 0.25) is 0 Å². The second-order valence-corrected chi connectivity index (χ2v) is 4.94. The molecule has 1 saturated carbocycles. The van der Waals surface area contributed by atoms with E-state index in [0.717, 1.165) is 5.57 Å². The molecule has 2 aliphatic carbocycles. The fourth-order valence-corrected chi connectivity index (χ4v) is 3.23. The number of rotatable bonds is 3. The molecule has 0 aromatic carbocycles. The molecular formula is C12H16O5. The van der Waals surface area contributed by atoms with Crippen LogP contribution in [0.5, 0.6) is 0 Å². The highest BCUT2D eigenvalue weighted by Gasteiger charge is 2.47. The van der Waals surface area contributed by atoms with Gasteiger partial charge in [-0.1, -0.05) is 12.5 Å². The highest BCUT2D eigenvalue weighted by Crippen LogP contribution is 2.49. The number of aliphatic carboxylic acids is 2. The lowest BCUT2D eigenvalue weighted by molar-refractivity contribution is -0.143. The number of fused-ring (bicyclic) bond motifs is 1. The number of carbonyl (C=O) groups is 2. The maximum absolute atomic E-state index is 11.0. The predicted molar refractivity (Wildman–Crippen MR) is 58.3 cm³/mol. The van der Waals surface area contributed by atoms with Gasteiger partial charge < -0.3 is 15.3 Å². The van der Waals surface area contributed by atoms with E-state index in [1.165, 1.54) is 0 Å². The molecule has 0 aromatic heterocycles. The van der Waals surface area contributed by atoms with Crippen molar-refractivity contribution in [2.45, 2.75) is 32.3 Å². The van der Waals surface area contributed by atoms with Crippen molar-refractivity contribution in [1.29, 1.82) is 0 Å². The Bertz CT molecular complexity index is 398. The maximum atomic E-state index is 11.0. The fourth-order valence-electron chi connectivity index (χ4n) is 3.23. The number of carboxylic acids is 2.